The minimum atomic E-state index is -0.0606. The van der Waals surface area contributed by atoms with E-state index in [4.69, 9.17) is 4.74 Å². The standard InChI is InChI=1S/C14H20N2O2.ClH/c1-2-18-12-7-5-6-11(10-12)16-14(17)13-8-3-4-9-15-13;/h5-7,10,13,15H,2-4,8-9H2,1H3,(H,16,17);1H/t13-;/m0./s1. The van der Waals surface area contributed by atoms with Gasteiger partial charge < -0.3 is 15.4 Å². The number of hydrogen-bond donors (Lipinski definition) is 2. The van der Waals surface area contributed by atoms with Gasteiger partial charge in [0, 0.05) is 11.8 Å². The molecule has 0 aromatic heterocycles. The number of benzene rings is 1. The van der Waals surface area contributed by atoms with Gasteiger partial charge in [-0.2, -0.15) is 0 Å². The molecule has 4 nitrogen and oxygen atoms in total. The summed E-state index contributed by atoms with van der Waals surface area (Å²) in [7, 11) is 0. The molecule has 19 heavy (non-hydrogen) atoms. The van der Waals surface area contributed by atoms with Crippen LogP contribution in [0.25, 0.3) is 0 Å². The molecule has 0 saturated carbocycles. The van der Waals surface area contributed by atoms with Crippen LogP contribution in [-0.4, -0.2) is 25.1 Å². The van der Waals surface area contributed by atoms with Crippen molar-refractivity contribution in [2.45, 2.75) is 32.2 Å². The van der Waals surface area contributed by atoms with Crippen molar-refractivity contribution in [1.82, 2.24) is 5.32 Å². The topological polar surface area (TPSA) is 50.4 Å². The lowest BCUT2D eigenvalue weighted by atomic mass is 10.0. The third-order valence-corrected chi connectivity index (χ3v) is 3.04. The maximum Gasteiger partial charge on any atom is 0.241 e. The highest BCUT2D eigenvalue weighted by molar-refractivity contribution is 5.95. The minimum absolute atomic E-state index is 0. The van der Waals surface area contributed by atoms with Gasteiger partial charge in [0.1, 0.15) is 5.75 Å². The first-order chi connectivity index (χ1) is 8.79. The van der Waals surface area contributed by atoms with Gasteiger partial charge in [-0.3, -0.25) is 4.79 Å². The number of carbonyl (C=O) groups excluding carboxylic acids is 1. The summed E-state index contributed by atoms with van der Waals surface area (Å²) in [6.07, 6.45) is 3.19. The van der Waals surface area contributed by atoms with Gasteiger partial charge in [0.2, 0.25) is 5.91 Å². The van der Waals surface area contributed by atoms with Crippen LogP contribution in [0, 0.1) is 0 Å². The highest BCUT2D eigenvalue weighted by Crippen LogP contribution is 2.18. The Kier molecular flexibility index (Phi) is 6.67. The van der Waals surface area contributed by atoms with Crippen LogP contribution in [0.1, 0.15) is 26.2 Å². The van der Waals surface area contributed by atoms with Crippen LogP contribution in [-0.2, 0) is 4.79 Å². The first kappa shape index (κ1) is 15.8. The lowest BCUT2D eigenvalue weighted by Crippen LogP contribution is -2.43. The summed E-state index contributed by atoms with van der Waals surface area (Å²) in [5.74, 6) is 0.829. The molecule has 0 aliphatic carbocycles. The quantitative estimate of drug-likeness (QED) is 0.893. The molecule has 0 spiro atoms. The van der Waals surface area contributed by atoms with Crippen molar-refractivity contribution in [2.75, 3.05) is 18.5 Å². The highest BCUT2D eigenvalue weighted by Gasteiger charge is 2.20. The fraction of sp³-hybridized carbons (Fsp3) is 0.500. The van der Waals surface area contributed by atoms with E-state index in [-0.39, 0.29) is 24.4 Å². The molecule has 2 N–H and O–H groups in total. The molecule has 1 aromatic carbocycles. The Bertz CT molecular complexity index is 406. The van der Waals surface area contributed by atoms with Crippen LogP contribution in [0.4, 0.5) is 5.69 Å². The second-order valence-electron chi connectivity index (χ2n) is 4.45. The van der Waals surface area contributed by atoms with Crippen LogP contribution in [0.15, 0.2) is 24.3 Å². The third-order valence-electron chi connectivity index (χ3n) is 3.04. The van der Waals surface area contributed by atoms with Crippen LogP contribution >= 0.6 is 12.4 Å². The van der Waals surface area contributed by atoms with Gasteiger partial charge in [0.25, 0.3) is 0 Å². The number of halogens is 1. The summed E-state index contributed by atoms with van der Waals surface area (Å²) in [5, 5.41) is 6.16. The van der Waals surface area contributed by atoms with Gasteiger partial charge in [-0.05, 0) is 38.4 Å². The zero-order valence-electron chi connectivity index (χ0n) is 11.1. The van der Waals surface area contributed by atoms with Crippen LogP contribution in [0.5, 0.6) is 5.75 Å². The number of piperidine rings is 1. The van der Waals surface area contributed by atoms with E-state index in [9.17, 15) is 4.79 Å². The molecule has 2 rings (SSSR count). The van der Waals surface area contributed by atoms with Gasteiger partial charge in [-0.1, -0.05) is 12.5 Å². The largest absolute Gasteiger partial charge is 0.494 e. The van der Waals surface area contributed by atoms with E-state index in [1.807, 2.05) is 31.2 Å². The first-order valence-electron chi connectivity index (χ1n) is 6.56. The second-order valence-corrected chi connectivity index (χ2v) is 4.45. The molecule has 1 fully saturated rings. The predicted octanol–water partition coefficient (Wildman–Crippen LogP) is 2.59. The van der Waals surface area contributed by atoms with E-state index in [2.05, 4.69) is 10.6 Å². The fourth-order valence-corrected chi connectivity index (χ4v) is 2.14. The van der Waals surface area contributed by atoms with Crippen LogP contribution in [0.3, 0.4) is 0 Å². The van der Waals surface area contributed by atoms with Crippen molar-refractivity contribution in [2.24, 2.45) is 0 Å². The fourth-order valence-electron chi connectivity index (χ4n) is 2.14. The Morgan fingerprint density at radius 2 is 2.32 bits per heavy atom. The van der Waals surface area contributed by atoms with E-state index >= 15 is 0 Å². The molecule has 106 valence electrons. The zero-order chi connectivity index (χ0) is 12.8. The van der Waals surface area contributed by atoms with Crippen molar-refractivity contribution in [3.05, 3.63) is 24.3 Å². The monoisotopic (exact) mass is 284 g/mol. The van der Waals surface area contributed by atoms with Gasteiger partial charge in [0.15, 0.2) is 0 Å². The number of nitrogens with one attached hydrogen (secondary N) is 2. The number of hydrogen-bond acceptors (Lipinski definition) is 3. The zero-order valence-corrected chi connectivity index (χ0v) is 12.0. The molecule has 1 aliphatic rings. The maximum atomic E-state index is 12.0. The average molecular weight is 285 g/mol. The Hall–Kier alpha value is -1.26. The summed E-state index contributed by atoms with van der Waals surface area (Å²) in [5.41, 5.74) is 0.790. The lowest BCUT2D eigenvalue weighted by molar-refractivity contribution is -0.118. The average Bonchev–Trinajstić information content (AvgIpc) is 2.40. The first-order valence-corrected chi connectivity index (χ1v) is 6.56. The summed E-state index contributed by atoms with van der Waals surface area (Å²) in [4.78, 5) is 12.0. The van der Waals surface area contributed by atoms with Crippen LogP contribution in [0.2, 0.25) is 0 Å². The van der Waals surface area contributed by atoms with E-state index in [0.717, 1.165) is 37.2 Å². The number of ether oxygens (including phenoxy) is 1. The molecule has 1 aliphatic heterocycles. The third kappa shape index (κ3) is 4.73. The summed E-state index contributed by atoms with van der Waals surface area (Å²) in [6.45, 7) is 3.50. The van der Waals surface area contributed by atoms with Crippen molar-refractivity contribution in [3.8, 4) is 5.75 Å². The SMILES string of the molecule is CCOc1cccc(NC(=O)[C@@H]2CCCCN2)c1.Cl. The molecule has 0 bridgehead atoms. The molecule has 5 heteroatoms. The Balaban J connectivity index is 0.00000180. The van der Waals surface area contributed by atoms with Crippen molar-refractivity contribution in [3.63, 3.8) is 0 Å². The number of amides is 1. The van der Waals surface area contributed by atoms with Gasteiger partial charge >= 0.3 is 0 Å². The summed E-state index contributed by atoms with van der Waals surface area (Å²) < 4.78 is 5.41. The van der Waals surface area contributed by atoms with E-state index in [0.29, 0.717) is 6.61 Å². The van der Waals surface area contributed by atoms with Crippen molar-refractivity contribution in [1.29, 1.82) is 0 Å². The Morgan fingerprint density at radius 1 is 1.47 bits per heavy atom. The molecule has 1 amide bonds. The molecular formula is C14H21ClN2O2. The Morgan fingerprint density at radius 3 is 3.00 bits per heavy atom. The predicted molar refractivity (Wildman–Crippen MR) is 79.1 cm³/mol. The molecule has 0 unspecified atom stereocenters. The van der Waals surface area contributed by atoms with Gasteiger partial charge in [-0.15, -0.1) is 12.4 Å². The lowest BCUT2D eigenvalue weighted by Gasteiger charge is -2.22. The van der Waals surface area contributed by atoms with Crippen LogP contribution < -0.4 is 15.4 Å². The minimum Gasteiger partial charge on any atom is -0.494 e. The molecule has 1 heterocycles. The number of anilines is 1. The van der Waals surface area contributed by atoms with E-state index in [1.165, 1.54) is 0 Å². The summed E-state index contributed by atoms with van der Waals surface area (Å²) >= 11 is 0. The Labute approximate surface area is 120 Å². The number of rotatable bonds is 4. The molecular weight excluding hydrogens is 264 g/mol. The van der Waals surface area contributed by atoms with E-state index < -0.39 is 0 Å². The van der Waals surface area contributed by atoms with Crippen molar-refractivity contribution < 1.29 is 9.53 Å². The normalized spacial score (nSPS) is 18.3. The molecule has 0 radical (unpaired) electrons. The molecule has 1 aromatic rings. The molecule has 1 saturated heterocycles. The maximum absolute atomic E-state index is 12.0. The summed E-state index contributed by atoms with van der Waals surface area (Å²) in [6, 6.07) is 7.44. The van der Waals surface area contributed by atoms with Gasteiger partial charge in [-0.25, -0.2) is 0 Å². The highest BCUT2D eigenvalue weighted by atomic mass is 35.5. The van der Waals surface area contributed by atoms with Gasteiger partial charge in [0.05, 0.1) is 12.6 Å². The smallest absolute Gasteiger partial charge is 0.241 e. The van der Waals surface area contributed by atoms with Crippen molar-refractivity contribution >= 4 is 24.0 Å². The van der Waals surface area contributed by atoms with E-state index in [1.54, 1.807) is 0 Å². The molecule has 1 atom stereocenters. The second kappa shape index (κ2) is 8.02. The number of carbonyl (C=O) groups is 1.